The van der Waals surface area contributed by atoms with Gasteiger partial charge in [-0.25, -0.2) is 4.79 Å². The average molecular weight is 266 g/mol. The van der Waals surface area contributed by atoms with E-state index in [0.717, 1.165) is 29.5 Å². The van der Waals surface area contributed by atoms with E-state index in [1.165, 1.54) is 0 Å². The summed E-state index contributed by atoms with van der Waals surface area (Å²) in [4.78, 5) is 11.5. The molecular formula is C18H18O2. The Balaban J connectivity index is 2.54. The molecule has 0 atom stereocenters. The van der Waals surface area contributed by atoms with Gasteiger partial charge in [-0.3, -0.25) is 0 Å². The van der Waals surface area contributed by atoms with Gasteiger partial charge in [0.1, 0.15) is 0 Å². The second-order valence-corrected chi connectivity index (χ2v) is 4.62. The number of hydrogen-bond acceptors (Lipinski definition) is 1. The molecule has 2 rings (SSSR count). The number of carbonyl (C=O) groups is 1. The SMILES string of the molecule is CCC/C=C(/C(=O)O)c1ccccc1-c1ccccc1. The molecule has 0 bridgehead atoms. The minimum absolute atomic E-state index is 0.381. The molecule has 0 heterocycles. The lowest BCUT2D eigenvalue weighted by Crippen LogP contribution is -2.01. The van der Waals surface area contributed by atoms with Gasteiger partial charge in [-0.05, 0) is 23.1 Å². The van der Waals surface area contributed by atoms with Crippen molar-refractivity contribution in [3.63, 3.8) is 0 Å². The number of rotatable bonds is 5. The number of benzene rings is 2. The van der Waals surface area contributed by atoms with Crippen LogP contribution in [-0.4, -0.2) is 11.1 Å². The largest absolute Gasteiger partial charge is 0.478 e. The summed E-state index contributed by atoms with van der Waals surface area (Å²) in [6.07, 6.45) is 3.51. The molecule has 20 heavy (non-hydrogen) atoms. The summed E-state index contributed by atoms with van der Waals surface area (Å²) in [5.41, 5.74) is 3.15. The summed E-state index contributed by atoms with van der Waals surface area (Å²) in [6, 6.07) is 17.5. The molecule has 0 aliphatic carbocycles. The molecule has 0 aliphatic rings. The fraction of sp³-hybridized carbons (Fsp3) is 0.167. The standard InChI is InChI=1S/C18H18O2/c1-2-3-11-17(18(19)20)16-13-8-7-12-15(16)14-9-5-4-6-10-14/h4-13H,2-3H2,1H3,(H,19,20)/b17-11+. The van der Waals surface area contributed by atoms with E-state index in [9.17, 15) is 9.90 Å². The molecule has 2 aromatic rings. The van der Waals surface area contributed by atoms with Crippen LogP contribution in [0.2, 0.25) is 0 Å². The van der Waals surface area contributed by atoms with E-state index >= 15 is 0 Å². The van der Waals surface area contributed by atoms with E-state index in [4.69, 9.17) is 0 Å². The maximum absolute atomic E-state index is 11.5. The normalized spacial score (nSPS) is 11.3. The van der Waals surface area contributed by atoms with Crippen molar-refractivity contribution >= 4 is 11.5 Å². The Morgan fingerprint density at radius 2 is 1.70 bits per heavy atom. The van der Waals surface area contributed by atoms with Crippen LogP contribution in [0.3, 0.4) is 0 Å². The van der Waals surface area contributed by atoms with Crippen LogP contribution >= 0.6 is 0 Å². The molecule has 0 aliphatic heterocycles. The summed E-state index contributed by atoms with van der Waals surface area (Å²) in [5, 5.41) is 9.46. The molecule has 0 fully saturated rings. The van der Waals surface area contributed by atoms with Gasteiger partial charge in [-0.1, -0.05) is 74.0 Å². The van der Waals surface area contributed by atoms with Gasteiger partial charge in [0.05, 0.1) is 5.57 Å². The highest BCUT2D eigenvalue weighted by Crippen LogP contribution is 2.29. The van der Waals surface area contributed by atoms with Gasteiger partial charge in [0.15, 0.2) is 0 Å². The summed E-state index contributed by atoms with van der Waals surface area (Å²) < 4.78 is 0. The number of carboxylic acid groups (broad SMARTS) is 1. The number of unbranched alkanes of at least 4 members (excludes halogenated alkanes) is 1. The van der Waals surface area contributed by atoms with Crippen molar-refractivity contribution in [3.8, 4) is 11.1 Å². The molecule has 2 heteroatoms. The fourth-order valence-corrected chi connectivity index (χ4v) is 2.19. The molecule has 0 amide bonds. The van der Waals surface area contributed by atoms with Gasteiger partial charge in [-0.15, -0.1) is 0 Å². The van der Waals surface area contributed by atoms with Crippen LogP contribution in [0.1, 0.15) is 25.3 Å². The highest BCUT2D eigenvalue weighted by Gasteiger charge is 2.14. The number of allylic oxidation sites excluding steroid dienone is 1. The number of carboxylic acids is 1. The van der Waals surface area contributed by atoms with Gasteiger partial charge < -0.3 is 5.11 Å². The van der Waals surface area contributed by atoms with Crippen LogP contribution < -0.4 is 0 Å². The summed E-state index contributed by atoms with van der Waals surface area (Å²) in [6.45, 7) is 2.04. The Kier molecular flexibility index (Phi) is 4.72. The van der Waals surface area contributed by atoms with Gasteiger partial charge in [0.25, 0.3) is 0 Å². The highest BCUT2D eigenvalue weighted by molar-refractivity contribution is 6.17. The third-order valence-electron chi connectivity index (χ3n) is 3.17. The highest BCUT2D eigenvalue weighted by atomic mass is 16.4. The van der Waals surface area contributed by atoms with Crippen molar-refractivity contribution in [1.82, 2.24) is 0 Å². The first-order chi connectivity index (χ1) is 9.74. The van der Waals surface area contributed by atoms with Crippen LogP contribution in [-0.2, 0) is 4.79 Å². The molecule has 2 aromatic carbocycles. The zero-order valence-electron chi connectivity index (χ0n) is 11.5. The zero-order chi connectivity index (χ0) is 14.4. The van der Waals surface area contributed by atoms with E-state index in [-0.39, 0.29) is 0 Å². The Labute approximate surface area is 119 Å². The van der Waals surface area contributed by atoms with Crippen molar-refractivity contribution in [3.05, 3.63) is 66.2 Å². The van der Waals surface area contributed by atoms with Crippen molar-refractivity contribution in [2.24, 2.45) is 0 Å². The van der Waals surface area contributed by atoms with Crippen LogP contribution in [0.15, 0.2) is 60.7 Å². The first kappa shape index (κ1) is 14.1. The molecule has 0 radical (unpaired) electrons. The molecule has 0 spiro atoms. The Morgan fingerprint density at radius 1 is 1.05 bits per heavy atom. The summed E-state index contributed by atoms with van der Waals surface area (Å²) >= 11 is 0. The van der Waals surface area contributed by atoms with E-state index in [1.807, 2.05) is 67.6 Å². The minimum Gasteiger partial charge on any atom is -0.478 e. The fourth-order valence-electron chi connectivity index (χ4n) is 2.19. The van der Waals surface area contributed by atoms with Crippen molar-refractivity contribution in [1.29, 1.82) is 0 Å². The molecule has 0 saturated carbocycles. The first-order valence-electron chi connectivity index (χ1n) is 6.82. The van der Waals surface area contributed by atoms with Crippen LogP contribution in [0, 0.1) is 0 Å². The van der Waals surface area contributed by atoms with Crippen LogP contribution in [0.25, 0.3) is 16.7 Å². The molecule has 102 valence electrons. The molecule has 0 unspecified atom stereocenters. The Bertz CT molecular complexity index is 612. The van der Waals surface area contributed by atoms with Gasteiger partial charge in [0.2, 0.25) is 0 Å². The van der Waals surface area contributed by atoms with Gasteiger partial charge >= 0.3 is 5.97 Å². The minimum atomic E-state index is -0.873. The molecule has 1 N–H and O–H groups in total. The molecule has 0 saturated heterocycles. The zero-order valence-corrected chi connectivity index (χ0v) is 11.5. The predicted molar refractivity (Wildman–Crippen MR) is 82.4 cm³/mol. The third kappa shape index (κ3) is 3.15. The monoisotopic (exact) mass is 266 g/mol. The number of hydrogen-bond donors (Lipinski definition) is 1. The maximum Gasteiger partial charge on any atom is 0.335 e. The van der Waals surface area contributed by atoms with Gasteiger partial charge in [-0.2, -0.15) is 0 Å². The van der Waals surface area contributed by atoms with Crippen molar-refractivity contribution in [2.75, 3.05) is 0 Å². The Hall–Kier alpha value is -2.35. The summed E-state index contributed by atoms with van der Waals surface area (Å²) in [7, 11) is 0. The first-order valence-corrected chi connectivity index (χ1v) is 6.82. The van der Waals surface area contributed by atoms with Crippen molar-refractivity contribution < 1.29 is 9.90 Å². The third-order valence-corrected chi connectivity index (χ3v) is 3.17. The lowest BCUT2D eigenvalue weighted by atomic mass is 9.94. The summed E-state index contributed by atoms with van der Waals surface area (Å²) in [5.74, 6) is -0.873. The molecular weight excluding hydrogens is 248 g/mol. The quantitative estimate of drug-likeness (QED) is 0.802. The lowest BCUT2D eigenvalue weighted by Gasteiger charge is -2.10. The maximum atomic E-state index is 11.5. The average Bonchev–Trinajstić information content (AvgIpc) is 2.49. The lowest BCUT2D eigenvalue weighted by molar-refractivity contribution is -0.130. The van der Waals surface area contributed by atoms with Crippen molar-refractivity contribution in [2.45, 2.75) is 19.8 Å². The van der Waals surface area contributed by atoms with E-state index in [1.54, 1.807) is 0 Å². The van der Waals surface area contributed by atoms with E-state index in [0.29, 0.717) is 5.57 Å². The van der Waals surface area contributed by atoms with Crippen LogP contribution in [0.5, 0.6) is 0 Å². The molecule has 2 nitrogen and oxygen atoms in total. The topological polar surface area (TPSA) is 37.3 Å². The Morgan fingerprint density at radius 3 is 2.35 bits per heavy atom. The second kappa shape index (κ2) is 6.71. The smallest absolute Gasteiger partial charge is 0.335 e. The predicted octanol–water partition coefficient (Wildman–Crippen LogP) is 4.62. The van der Waals surface area contributed by atoms with E-state index < -0.39 is 5.97 Å². The number of aliphatic carboxylic acids is 1. The van der Waals surface area contributed by atoms with E-state index in [2.05, 4.69) is 0 Å². The second-order valence-electron chi connectivity index (χ2n) is 4.62. The molecule has 0 aromatic heterocycles. The van der Waals surface area contributed by atoms with Gasteiger partial charge in [0, 0.05) is 0 Å². The van der Waals surface area contributed by atoms with Crippen LogP contribution in [0.4, 0.5) is 0 Å².